The number of nitrogen functional groups attached to an aromatic ring is 1. The summed E-state index contributed by atoms with van der Waals surface area (Å²) in [5.74, 6) is 1.11. The zero-order valence-corrected chi connectivity index (χ0v) is 10.9. The lowest BCUT2D eigenvalue weighted by Crippen LogP contribution is -1.87. The molecule has 3 aromatic rings. The normalized spacial score (nSPS) is 10.8. The van der Waals surface area contributed by atoms with Crippen LogP contribution in [-0.2, 0) is 0 Å². The molecule has 19 heavy (non-hydrogen) atoms. The lowest BCUT2D eigenvalue weighted by Gasteiger charge is -2.04. The highest BCUT2D eigenvalue weighted by Gasteiger charge is 2.13. The van der Waals surface area contributed by atoms with Crippen LogP contribution in [0.3, 0.4) is 0 Å². The molecular formula is C14H11ClN2O2. The predicted octanol–water partition coefficient (Wildman–Crippen LogP) is 3.74. The minimum atomic E-state index is 0.458. The van der Waals surface area contributed by atoms with E-state index in [0.717, 1.165) is 0 Å². The maximum Gasteiger partial charge on any atom is 0.231 e. The van der Waals surface area contributed by atoms with Gasteiger partial charge in [-0.15, -0.1) is 0 Å². The number of halogens is 1. The Bertz CT molecular complexity index is 752. The summed E-state index contributed by atoms with van der Waals surface area (Å²) in [4.78, 5) is 4.41. The van der Waals surface area contributed by atoms with Crippen LogP contribution in [0.1, 0.15) is 0 Å². The number of oxazole rings is 1. The topological polar surface area (TPSA) is 61.3 Å². The van der Waals surface area contributed by atoms with Gasteiger partial charge in [0.05, 0.1) is 12.7 Å². The van der Waals surface area contributed by atoms with Gasteiger partial charge in [-0.25, -0.2) is 4.98 Å². The third-order valence-corrected chi connectivity index (χ3v) is 3.04. The second-order valence-corrected chi connectivity index (χ2v) is 4.53. The molecule has 2 N–H and O–H groups in total. The van der Waals surface area contributed by atoms with Gasteiger partial charge in [0.25, 0.3) is 0 Å². The molecule has 0 radical (unpaired) electrons. The quantitative estimate of drug-likeness (QED) is 0.723. The van der Waals surface area contributed by atoms with Gasteiger partial charge in [-0.05, 0) is 36.4 Å². The zero-order chi connectivity index (χ0) is 13.4. The summed E-state index contributed by atoms with van der Waals surface area (Å²) < 4.78 is 11.0. The molecular weight excluding hydrogens is 264 g/mol. The summed E-state index contributed by atoms with van der Waals surface area (Å²) in [6, 6.07) is 10.6. The van der Waals surface area contributed by atoms with Gasteiger partial charge in [0.1, 0.15) is 11.3 Å². The van der Waals surface area contributed by atoms with Gasteiger partial charge in [0.2, 0.25) is 5.89 Å². The van der Waals surface area contributed by atoms with Crippen molar-refractivity contribution in [3.8, 4) is 17.2 Å². The SMILES string of the molecule is COc1ccc(Cl)cc1-c1nc2cc(N)ccc2o1. The van der Waals surface area contributed by atoms with Gasteiger partial charge < -0.3 is 14.9 Å². The number of methoxy groups -OCH3 is 1. The number of fused-ring (bicyclic) bond motifs is 1. The summed E-state index contributed by atoms with van der Waals surface area (Å²) in [6.07, 6.45) is 0. The Morgan fingerprint density at radius 3 is 2.84 bits per heavy atom. The first kappa shape index (κ1) is 11.9. The van der Waals surface area contributed by atoms with Gasteiger partial charge in [-0.3, -0.25) is 0 Å². The molecule has 1 aromatic heterocycles. The van der Waals surface area contributed by atoms with Crippen LogP contribution in [0.15, 0.2) is 40.8 Å². The number of nitrogens with two attached hydrogens (primary N) is 1. The van der Waals surface area contributed by atoms with Gasteiger partial charge >= 0.3 is 0 Å². The number of aromatic nitrogens is 1. The first-order chi connectivity index (χ1) is 9.17. The number of ether oxygens (including phenoxy) is 1. The zero-order valence-electron chi connectivity index (χ0n) is 10.2. The van der Waals surface area contributed by atoms with Crippen molar-refractivity contribution in [3.63, 3.8) is 0 Å². The van der Waals surface area contributed by atoms with E-state index in [9.17, 15) is 0 Å². The lowest BCUT2D eigenvalue weighted by molar-refractivity contribution is 0.414. The Labute approximate surface area is 114 Å². The molecule has 0 saturated heterocycles. The van der Waals surface area contributed by atoms with E-state index in [1.807, 2.05) is 0 Å². The molecule has 0 unspecified atom stereocenters. The van der Waals surface area contributed by atoms with Crippen LogP contribution < -0.4 is 10.5 Å². The van der Waals surface area contributed by atoms with Crippen LogP contribution >= 0.6 is 11.6 Å². The minimum Gasteiger partial charge on any atom is -0.496 e. The van der Waals surface area contributed by atoms with Crippen LogP contribution in [0.5, 0.6) is 5.75 Å². The molecule has 5 heteroatoms. The second-order valence-electron chi connectivity index (χ2n) is 4.09. The fourth-order valence-corrected chi connectivity index (χ4v) is 2.08. The average molecular weight is 275 g/mol. The van der Waals surface area contributed by atoms with Crippen LogP contribution in [0, 0.1) is 0 Å². The Kier molecular flexibility index (Phi) is 2.80. The first-order valence-electron chi connectivity index (χ1n) is 5.67. The molecule has 0 aliphatic rings. The molecule has 0 atom stereocenters. The maximum absolute atomic E-state index is 6.00. The van der Waals surface area contributed by atoms with Crippen molar-refractivity contribution in [1.82, 2.24) is 4.98 Å². The number of nitrogens with zero attached hydrogens (tertiary/aromatic N) is 1. The van der Waals surface area contributed by atoms with E-state index >= 15 is 0 Å². The number of anilines is 1. The number of hydrogen-bond acceptors (Lipinski definition) is 4. The highest BCUT2D eigenvalue weighted by molar-refractivity contribution is 6.30. The molecule has 3 rings (SSSR count). The van der Waals surface area contributed by atoms with Crippen molar-refractivity contribution >= 4 is 28.4 Å². The molecule has 0 aliphatic heterocycles. The summed E-state index contributed by atoms with van der Waals surface area (Å²) in [7, 11) is 1.59. The van der Waals surface area contributed by atoms with Crippen LogP contribution in [-0.4, -0.2) is 12.1 Å². The smallest absolute Gasteiger partial charge is 0.231 e. The lowest BCUT2D eigenvalue weighted by atomic mass is 10.2. The number of hydrogen-bond donors (Lipinski definition) is 1. The molecule has 0 bridgehead atoms. The highest BCUT2D eigenvalue weighted by Crippen LogP contribution is 2.34. The van der Waals surface area contributed by atoms with E-state index in [0.29, 0.717) is 39.0 Å². The summed E-state index contributed by atoms with van der Waals surface area (Å²) in [6.45, 7) is 0. The van der Waals surface area contributed by atoms with Crippen molar-refractivity contribution in [1.29, 1.82) is 0 Å². The van der Waals surface area contributed by atoms with E-state index in [4.69, 9.17) is 26.5 Å². The molecule has 2 aromatic carbocycles. The number of rotatable bonds is 2. The average Bonchev–Trinajstić information content (AvgIpc) is 2.81. The van der Waals surface area contributed by atoms with Gasteiger partial charge in [0.15, 0.2) is 5.58 Å². The van der Waals surface area contributed by atoms with Crippen LogP contribution in [0.2, 0.25) is 5.02 Å². The van der Waals surface area contributed by atoms with Gasteiger partial charge in [-0.1, -0.05) is 11.6 Å². The standard InChI is InChI=1S/C14H11ClN2O2/c1-18-12-4-2-8(15)6-10(12)14-17-11-7-9(16)3-5-13(11)19-14/h2-7H,16H2,1H3. The van der Waals surface area contributed by atoms with E-state index in [2.05, 4.69) is 4.98 Å². The van der Waals surface area contributed by atoms with E-state index < -0.39 is 0 Å². The van der Waals surface area contributed by atoms with Crippen molar-refractivity contribution in [2.75, 3.05) is 12.8 Å². The Balaban J connectivity index is 2.21. The number of benzene rings is 2. The van der Waals surface area contributed by atoms with Crippen LogP contribution in [0.25, 0.3) is 22.6 Å². The van der Waals surface area contributed by atoms with E-state index in [1.54, 1.807) is 43.5 Å². The molecule has 0 saturated carbocycles. The molecule has 0 spiro atoms. The predicted molar refractivity (Wildman–Crippen MR) is 75.4 cm³/mol. The monoisotopic (exact) mass is 274 g/mol. The first-order valence-corrected chi connectivity index (χ1v) is 6.05. The van der Waals surface area contributed by atoms with E-state index in [-0.39, 0.29) is 0 Å². The molecule has 4 nitrogen and oxygen atoms in total. The minimum absolute atomic E-state index is 0.458. The third kappa shape index (κ3) is 2.11. The summed E-state index contributed by atoms with van der Waals surface area (Å²) >= 11 is 6.00. The van der Waals surface area contributed by atoms with E-state index in [1.165, 1.54) is 0 Å². The highest BCUT2D eigenvalue weighted by atomic mass is 35.5. The molecule has 0 fully saturated rings. The fraction of sp³-hybridized carbons (Fsp3) is 0.0714. The van der Waals surface area contributed by atoms with Gasteiger partial charge in [0, 0.05) is 10.7 Å². The largest absolute Gasteiger partial charge is 0.496 e. The van der Waals surface area contributed by atoms with Crippen molar-refractivity contribution in [3.05, 3.63) is 41.4 Å². The van der Waals surface area contributed by atoms with Gasteiger partial charge in [-0.2, -0.15) is 0 Å². The summed E-state index contributed by atoms with van der Waals surface area (Å²) in [5.41, 5.74) is 8.46. The molecule has 0 aliphatic carbocycles. The molecule has 1 heterocycles. The maximum atomic E-state index is 6.00. The Morgan fingerprint density at radius 2 is 2.05 bits per heavy atom. The van der Waals surface area contributed by atoms with Crippen molar-refractivity contribution < 1.29 is 9.15 Å². The second kappa shape index (κ2) is 4.48. The Hall–Kier alpha value is -2.20. The van der Waals surface area contributed by atoms with Crippen molar-refractivity contribution in [2.24, 2.45) is 0 Å². The van der Waals surface area contributed by atoms with Crippen molar-refractivity contribution in [2.45, 2.75) is 0 Å². The third-order valence-electron chi connectivity index (χ3n) is 2.80. The Morgan fingerprint density at radius 1 is 1.21 bits per heavy atom. The molecule has 96 valence electrons. The fourth-order valence-electron chi connectivity index (χ4n) is 1.91. The van der Waals surface area contributed by atoms with Crippen LogP contribution in [0.4, 0.5) is 5.69 Å². The summed E-state index contributed by atoms with van der Waals surface area (Å²) in [5, 5.41) is 0.595. The molecule has 0 amide bonds.